The summed E-state index contributed by atoms with van der Waals surface area (Å²) in [5, 5.41) is 0. The first-order chi connectivity index (χ1) is 8.31. The van der Waals surface area contributed by atoms with Crippen LogP contribution in [0.3, 0.4) is 0 Å². The molecule has 2 rings (SSSR count). The van der Waals surface area contributed by atoms with Gasteiger partial charge < -0.3 is 4.74 Å². The van der Waals surface area contributed by atoms with Crippen molar-refractivity contribution < 1.29 is 8.95 Å². The van der Waals surface area contributed by atoms with Gasteiger partial charge in [0.25, 0.3) is 0 Å². The van der Waals surface area contributed by atoms with E-state index >= 15 is 0 Å². The monoisotopic (exact) mass is 246 g/mol. The second kappa shape index (κ2) is 5.64. The minimum Gasteiger partial charge on any atom is -0.495 e. The Kier molecular flexibility index (Phi) is 3.94. The first kappa shape index (κ1) is 11.9. The molecule has 0 saturated heterocycles. The highest BCUT2D eigenvalue weighted by molar-refractivity contribution is 7.84. The topological polar surface area (TPSA) is 26.3 Å². The molecule has 0 N–H and O–H groups in total. The summed E-state index contributed by atoms with van der Waals surface area (Å²) in [4.78, 5) is 0.749. The lowest BCUT2D eigenvalue weighted by Crippen LogP contribution is -1.99. The third-order valence-corrected chi connectivity index (χ3v) is 3.88. The number of ether oxygens (including phenoxy) is 1. The predicted octanol–water partition coefficient (Wildman–Crippen LogP) is 3.00. The fraction of sp³-hybridized carbons (Fsp3) is 0.143. The maximum absolute atomic E-state index is 12.2. The van der Waals surface area contributed by atoms with Crippen LogP contribution in [0, 0.1) is 0 Å². The predicted molar refractivity (Wildman–Crippen MR) is 69.5 cm³/mol. The molecule has 2 aromatic rings. The van der Waals surface area contributed by atoms with E-state index in [1.165, 1.54) is 0 Å². The molecule has 0 aliphatic carbocycles. The lowest BCUT2D eigenvalue weighted by molar-refractivity contribution is 0.404. The summed E-state index contributed by atoms with van der Waals surface area (Å²) in [5.74, 6) is 1.20. The van der Waals surface area contributed by atoms with Gasteiger partial charge in [-0.2, -0.15) is 0 Å². The molecular formula is C14H14O2S. The molecule has 0 fully saturated rings. The van der Waals surface area contributed by atoms with Crippen molar-refractivity contribution in [3.05, 3.63) is 60.2 Å². The minimum atomic E-state index is -1.07. The van der Waals surface area contributed by atoms with Gasteiger partial charge in [-0.25, -0.2) is 0 Å². The highest BCUT2D eigenvalue weighted by Crippen LogP contribution is 2.23. The Morgan fingerprint density at radius 1 is 1.00 bits per heavy atom. The molecule has 0 heterocycles. The molecule has 0 aromatic heterocycles. The fourth-order valence-electron chi connectivity index (χ4n) is 1.61. The van der Waals surface area contributed by atoms with Gasteiger partial charge in [0, 0.05) is 0 Å². The van der Waals surface area contributed by atoms with E-state index in [9.17, 15) is 4.21 Å². The van der Waals surface area contributed by atoms with Gasteiger partial charge in [0.2, 0.25) is 0 Å². The van der Waals surface area contributed by atoms with E-state index in [-0.39, 0.29) is 0 Å². The van der Waals surface area contributed by atoms with Crippen molar-refractivity contribution in [2.45, 2.75) is 10.6 Å². The van der Waals surface area contributed by atoms with Gasteiger partial charge in [-0.05, 0) is 17.7 Å². The Balaban J connectivity index is 2.20. The Labute approximate surface area is 104 Å². The van der Waals surface area contributed by atoms with E-state index in [2.05, 4.69) is 0 Å². The van der Waals surface area contributed by atoms with Crippen molar-refractivity contribution in [3.63, 3.8) is 0 Å². The maximum Gasteiger partial charge on any atom is 0.134 e. The SMILES string of the molecule is COc1ccccc1S(=O)Cc1ccccc1. The number of hydrogen-bond acceptors (Lipinski definition) is 2. The molecule has 2 nitrogen and oxygen atoms in total. The Bertz CT molecular complexity index is 509. The molecule has 2 aromatic carbocycles. The molecule has 1 unspecified atom stereocenters. The van der Waals surface area contributed by atoms with Crippen molar-refractivity contribution in [3.8, 4) is 5.75 Å². The number of hydrogen-bond donors (Lipinski definition) is 0. The summed E-state index contributed by atoms with van der Waals surface area (Å²) < 4.78 is 17.4. The highest BCUT2D eigenvalue weighted by atomic mass is 32.2. The highest BCUT2D eigenvalue weighted by Gasteiger charge is 2.10. The standard InChI is InChI=1S/C14H14O2S/c1-16-13-9-5-6-10-14(13)17(15)11-12-7-3-2-4-8-12/h2-10H,11H2,1H3. The van der Waals surface area contributed by atoms with Gasteiger partial charge in [0.05, 0.1) is 28.6 Å². The van der Waals surface area contributed by atoms with Crippen LogP contribution in [0.25, 0.3) is 0 Å². The molecular weight excluding hydrogens is 232 g/mol. The van der Waals surface area contributed by atoms with Gasteiger partial charge in [0.1, 0.15) is 5.75 Å². The van der Waals surface area contributed by atoms with Crippen LogP contribution in [0.4, 0.5) is 0 Å². The first-order valence-corrected chi connectivity index (χ1v) is 6.68. The minimum absolute atomic E-state index is 0.515. The smallest absolute Gasteiger partial charge is 0.134 e. The average molecular weight is 246 g/mol. The third kappa shape index (κ3) is 2.94. The number of para-hydroxylation sites is 1. The van der Waals surface area contributed by atoms with Crippen molar-refractivity contribution in [2.24, 2.45) is 0 Å². The van der Waals surface area contributed by atoms with Crippen LogP contribution >= 0.6 is 0 Å². The lowest BCUT2D eigenvalue weighted by atomic mass is 10.2. The number of rotatable bonds is 4. The maximum atomic E-state index is 12.2. The Morgan fingerprint density at radius 3 is 2.35 bits per heavy atom. The van der Waals surface area contributed by atoms with Crippen LogP contribution in [0.2, 0.25) is 0 Å². The van der Waals surface area contributed by atoms with E-state index < -0.39 is 10.8 Å². The molecule has 0 saturated carbocycles. The molecule has 88 valence electrons. The summed E-state index contributed by atoms with van der Waals surface area (Å²) in [7, 11) is 0.525. The summed E-state index contributed by atoms with van der Waals surface area (Å²) in [6, 6.07) is 17.2. The molecule has 1 atom stereocenters. The second-order valence-electron chi connectivity index (χ2n) is 3.63. The van der Waals surface area contributed by atoms with Gasteiger partial charge >= 0.3 is 0 Å². The van der Waals surface area contributed by atoms with Crippen LogP contribution < -0.4 is 4.74 Å². The van der Waals surface area contributed by atoms with Crippen molar-refractivity contribution >= 4 is 10.8 Å². The normalized spacial score (nSPS) is 12.1. The zero-order chi connectivity index (χ0) is 12.1. The molecule has 0 spiro atoms. The van der Waals surface area contributed by atoms with Crippen LogP contribution in [0.1, 0.15) is 5.56 Å². The molecule has 0 radical (unpaired) electrons. The summed E-state index contributed by atoms with van der Waals surface area (Å²) in [6.07, 6.45) is 0. The fourth-order valence-corrected chi connectivity index (χ4v) is 2.87. The van der Waals surface area contributed by atoms with Gasteiger partial charge in [-0.1, -0.05) is 42.5 Å². The van der Waals surface area contributed by atoms with Gasteiger partial charge in [-0.15, -0.1) is 0 Å². The number of benzene rings is 2. The third-order valence-electron chi connectivity index (χ3n) is 2.45. The van der Waals surface area contributed by atoms with Crippen LogP contribution in [0.15, 0.2) is 59.5 Å². The summed E-state index contributed by atoms with van der Waals surface area (Å²) >= 11 is 0. The largest absolute Gasteiger partial charge is 0.495 e. The summed E-state index contributed by atoms with van der Waals surface area (Å²) in [6.45, 7) is 0. The van der Waals surface area contributed by atoms with E-state index in [0.29, 0.717) is 11.5 Å². The van der Waals surface area contributed by atoms with E-state index in [0.717, 1.165) is 10.5 Å². The zero-order valence-corrected chi connectivity index (χ0v) is 10.4. The van der Waals surface area contributed by atoms with Crippen LogP contribution in [0.5, 0.6) is 5.75 Å². The molecule has 0 aliphatic rings. The second-order valence-corrected chi connectivity index (χ2v) is 5.05. The van der Waals surface area contributed by atoms with Crippen LogP contribution in [-0.4, -0.2) is 11.3 Å². The quantitative estimate of drug-likeness (QED) is 0.829. The zero-order valence-electron chi connectivity index (χ0n) is 9.63. The molecule has 17 heavy (non-hydrogen) atoms. The molecule has 0 amide bonds. The molecule has 0 bridgehead atoms. The van der Waals surface area contributed by atoms with Crippen molar-refractivity contribution in [1.82, 2.24) is 0 Å². The Morgan fingerprint density at radius 2 is 1.65 bits per heavy atom. The van der Waals surface area contributed by atoms with E-state index in [1.807, 2.05) is 54.6 Å². The Hall–Kier alpha value is -1.61. The number of methoxy groups -OCH3 is 1. The van der Waals surface area contributed by atoms with Crippen LogP contribution in [-0.2, 0) is 16.6 Å². The molecule has 3 heteroatoms. The lowest BCUT2D eigenvalue weighted by Gasteiger charge is -2.07. The van der Waals surface area contributed by atoms with E-state index in [1.54, 1.807) is 7.11 Å². The average Bonchev–Trinajstić information content (AvgIpc) is 2.40. The first-order valence-electron chi connectivity index (χ1n) is 5.36. The van der Waals surface area contributed by atoms with Gasteiger partial charge in [-0.3, -0.25) is 4.21 Å². The van der Waals surface area contributed by atoms with Gasteiger partial charge in [0.15, 0.2) is 0 Å². The van der Waals surface area contributed by atoms with Crippen molar-refractivity contribution in [1.29, 1.82) is 0 Å². The van der Waals surface area contributed by atoms with Crippen molar-refractivity contribution in [2.75, 3.05) is 7.11 Å². The molecule has 0 aliphatic heterocycles. The summed E-state index contributed by atoms with van der Waals surface area (Å²) in [5.41, 5.74) is 1.07. The van der Waals surface area contributed by atoms with E-state index in [4.69, 9.17) is 4.74 Å².